The van der Waals surface area contributed by atoms with Crippen molar-refractivity contribution < 1.29 is 4.74 Å². The Labute approximate surface area is 109 Å². The molecule has 0 aliphatic heterocycles. The van der Waals surface area contributed by atoms with Gasteiger partial charge in [0.15, 0.2) is 6.10 Å². The molecule has 0 aromatic heterocycles. The van der Waals surface area contributed by atoms with Crippen molar-refractivity contribution in [3.05, 3.63) is 29.3 Å². The third-order valence-electron chi connectivity index (χ3n) is 3.16. The van der Waals surface area contributed by atoms with Crippen molar-refractivity contribution in [2.45, 2.75) is 51.8 Å². The van der Waals surface area contributed by atoms with E-state index in [-0.39, 0.29) is 6.10 Å². The number of hydrogen-bond donors (Lipinski definition) is 1. The highest BCUT2D eigenvalue weighted by molar-refractivity contribution is 5.37. The predicted octanol–water partition coefficient (Wildman–Crippen LogP) is 2.93. The Morgan fingerprint density at radius 3 is 2.89 bits per heavy atom. The van der Waals surface area contributed by atoms with Crippen molar-refractivity contribution in [2.24, 2.45) is 0 Å². The quantitative estimate of drug-likeness (QED) is 0.836. The molecule has 96 valence electrons. The van der Waals surface area contributed by atoms with Gasteiger partial charge in [0.05, 0.1) is 0 Å². The van der Waals surface area contributed by atoms with E-state index in [0.717, 1.165) is 17.9 Å². The van der Waals surface area contributed by atoms with Gasteiger partial charge in [-0.25, -0.2) is 0 Å². The van der Waals surface area contributed by atoms with E-state index in [2.05, 4.69) is 24.4 Å². The van der Waals surface area contributed by atoms with E-state index in [0.29, 0.717) is 12.5 Å². The fourth-order valence-corrected chi connectivity index (χ4v) is 1.86. The molecule has 1 aliphatic rings. The molecular formula is C15H20N2O. The van der Waals surface area contributed by atoms with Crippen LogP contribution in [0.4, 0.5) is 0 Å². The van der Waals surface area contributed by atoms with Crippen LogP contribution in [0, 0.1) is 18.3 Å². The van der Waals surface area contributed by atoms with Crippen LogP contribution in [-0.2, 0) is 6.54 Å². The standard InChI is InChI=1S/C15H20N2O/c1-3-14(9-16)18-15-7-4-11(2)8-12(15)10-17-13-5-6-13/h4,7-8,13-14,17H,3,5-6,10H2,1-2H3. The highest BCUT2D eigenvalue weighted by Gasteiger charge is 2.21. The molecule has 1 saturated carbocycles. The summed E-state index contributed by atoms with van der Waals surface area (Å²) in [5.74, 6) is 0.835. The lowest BCUT2D eigenvalue weighted by molar-refractivity contribution is 0.249. The summed E-state index contributed by atoms with van der Waals surface area (Å²) >= 11 is 0. The Hall–Kier alpha value is -1.53. The largest absolute Gasteiger partial charge is 0.475 e. The Morgan fingerprint density at radius 2 is 2.28 bits per heavy atom. The zero-order valence-electron chi connectivity index (χ0n) is 11.1. The molecule has 18 heavy (non-hydrogen) atoms. The van der Waals surface area contributed by atoms with Gasteiger partial charge >= 0.3 is 0 Å². The van der Waals surface area contributed by atoms with Gasteiger partial charge in [-0.05, 0) is 32.3 Å². The molecule has 0 bridgehead atoms. The Morgan fingerprint density at radius 1 is 1.50 bits per heavy atom. The third-order valence-corrected chi connectivity index (χ3v) is 3.16. The summed E-state index contributed by atoms with van der Waals surface area (Å²) in [6.07, 6.45) is 2.91. The molecular weight excluding hydrogens is 224 g/mol. The molecule has 3 nitrogen and oxygen atoms in total. The number of ether oxygens (including phenoxy) is 1. The van der Waals surface area contributed by atoms with Crippen LogP contribution in [0.3, 0.4) is 0 Å². The van der Waals surface area contributed by atoms with E-state index >= 15 is 0 Å². The summed E-state index contributed by atoms with van der Waals surface area (Å²) in [4.78, 5) is 0. The second kappa shape index (κ2) is 5.88. The topological polar surface area (TPSA) is 45.0 Å². The van der Waals surface area contributed by atoms with Crippen LogP contribution >= 0.6 is 0 Å². The van der Waals surface area contributed by atoms with Gasteiger partial charge in [0, 0.05) is 18.2 Å². The van der Waals surface area contributed by atoms with E-state index < -0.39 is 0 Å². The van der Waals surface area contributed by atoms with Crippen LogP contribution in [0.15, 0.2) is 18.2 Å². The monoisotopic (exact) mass is 244 g/mol. The molecule has 0 saturated heterocycles. The summed E-state index contributed by atoms with van der Waals surface area (Å²) in [5.41, 5.74) is 2.37. The number of rotatable bonds is 6. The van der Waals surface area contributed by atoms with Crippen molar-refractivity contribution in [2.75, 3.05) is 0 Å². The van der Waals surface area contributed by atoms with Crippen LogP contribution in [0.2, 0.25) is 0 Å². The Bertz CT molecular complexity index is 446. The van der Waals surface area contributed by atoms with Crippen molar-refractivity contribution in [1.29, 1.82) is 5.26 Å². The van der Waals surface area contributed by atoms with E-state index in [1.165, 1.54) is 18.4 Å². The van der Waals surface area contributed by atoms with Crippen LogP contribution in [0.5, 0.6) is 5.75 Å². The molecule has 1 unspecified atom stereocenters. The van der Waals surface area contributed by atoms with E-state index in [4.69, 9.17) is 10.00 Å². The van der Waals surface area contributed by atoms with Crippen molar-refractivity contribution in [3.8, 4) is 11.8 Å². The number of benzene rings is 1. The maximum Gasteiger partial charge on any atom is 0.184 e. The first kappa shape index (κ1) is 12.9. The van der Waals surface area contributed by atoms with Crippen LogP contribution in [0.25, 0.3) is 0 Å². The molecule has 0 amide bonds. The van der Waals surface area contributed by atoms with Crippen LogP contribution < -0.4 is 10.1 Å². The summed E-state index contributed by atoms with van der Waals surface area (Å²) in [6.45, 7) is 4.86. The average molecular weight is 244 g/mol. The predicted molar refractivity (Wildman–Crippen MR) is 71.4 cm³/mol. The molecule has 1 aromatic rings. The molecule has 2 rings (SSSR count). The Kier molecular flexibility index (Phi) is 4.22. The van der Waals surface area contributed by atoms with Gasteiger partial charge in [0.25, 0.3) is 0 Å². The molecule has 1 aliphatic carbocycles. The summed E-state index contributed by atoms with van der Waals surface area (Å²) < 4.78 is 5.75. The SMILES string of the molecule is CCC(C#N)Oc1ccc(C)cc1CNC1CC1. The average Bonchev–Trinajstić information content (AvgIpc) is 3.19. The van der Waals surface area contributed by atoms with E-state index in [1.54, 1.807) is 0 Å². The van der Waals surface area contributed by atoms with Gasteiger partial charge in [0.2, 0.25) is 0 Å². The van der Waals surface area contributed by atoms with Crippen molar-refractivity contribution in [1.82, 2.24) is 5.32 Å². The maximum atomic E-state index is 8.97. The third kappa shape index (κ3) is 3.48. The zero-order valence-corrected chi connectivity index (χ0v) is 11.1. The first-order chi connectivity index (χ1) is 8.72. The first-order valence-corrected chi connectivity index (χ1v) is 6.62. The zero-order chi connectivity index (χ0) is 13.0. The molecule has 1 fully saturated rings. The van der Waals surface area contributed by atoms with Gasteiger partial charge in [-0.2, -0.15) is 5.26 Å². The van der Waals surface area contributed by atoms with E-state index in [1.807, 2.05) is 19.1 Å². The molecule has 1 aromatic carbocycles. The smallest absolute Gasteiger partial charge is 0.184 e. The second-order valence-corrected chi connectivity index (χ2v) is 4.91. The van der Waals surface area contributed by atoms with Gasteiger partial charge < -0.3 is 10.1 Å². The van der Waals surface area contributed by atoms with Gasteiger partial charge in [0.1, 0.15) is 11.8 Å². The summed E-state index contributed by atoms with van der Waals surface area (Å²) in [7, 11) is 0. The Balaban J connectivity index is 2.08. The van der Waals surface area contributed by atoms with Crippen molar-refractivity contribution in [3.63, 3.8) is 0 Å². The lowest BCUT2D eigenvalue weighted by Crippen LogP contribution is -2.18. The minimum absolute atomic E-state index is 0.354. The van der Waals surface area contributed by atoms with Crippen molar-refractivity contribution >= 4 is 0 Å². The minimum atomic E-state index is -0.354. The number of nitrogens with zero attached hydrogens (tertiary/aromatic N) is 1. The number of aryl methyl sites for hydroxylation is 1. The summed E-state index contributed by atoms with van der Waals surface area (Å²) in [5, 5.41) is 12.5. The van der Waals surface area contributed by atoms with Gasteiger partial charge in [-0.15, -0.1) is 0 Å². The van der Waals surface area contributed by atoms with Crippen LogP contribution in [-0.4, -0.2) is 12.1 Å². The molecule has 0 heterocycles. The highest BCUT2D eigenvalue weighted by atomic mass is 16.5. The molecule has 3 heteroatoms. The van der Waals surface area contributed by atoms with Gasteiger partial charge in [-0.1, -0.05) is 24.6 Å². The number of hydrogen-bond acceptors (Lipinski definition) is 3. The lowest BCUT2D eigenvalue weighted by Gasteiger charge is -2.15. The fourth-order valence-electron chi connectivity index (χ4n) is 1.86. The molecule has 1 N–H and O–H groups in total. The number of nitrogens with one attached hydrogen (secondary N) is 1. The summed E-state index contributed by atoms with van der Waals surface area (Å²) in [6, 6.07) is 8.99. The fraction of sp³-hybridized carbons (Fsp3) is 0.533. The second-order valence-electron chi connectivity index (χ2n) is 4.91. The first-order valence-electron chi connectivity index (χ1n) is 6.62. The molecule has 1 atom stereocenters. The normalized spacial score (nSPS) is 16.1. The van der Waals surface area contributed by atoms with Crippen LogP contribution in [0.1, 0.15) is 37.3 Å². The lowest BCUT2D eigenvalue weighted by atomic mass is 10.1. The highest BCUT2D eigenvalue weighted by Crippen LogP contribution is 2.24. The minimum Gasteiger partial charge on any atom is -0.475 e. The number of nitriles is 1. The molecule has 0 spiro atoms. The molecule has 0 radical (unpaired) electrons. The van der Waals surface area contributed by atoms with Gasteiger partial charge in [-0.3, -0.25) is 0 Å². The maximum absolute atomic E-state index is 8.97. The van der Waals surface area contributed by atoms with E-state index in [9.17, 15) is 0 Å².